The van der Waals surface area contributed by atoms with E-state index in [1.165, 1.54) is 36.4 Å². The summed E-state index contributed by atoms with van der Waals surface area (Å²) in [6, 6.07) is 10.7. The number of anilines is 2. The zero-order valence-corrected chi connectivity index (χ0v) is 16.4. The summed E-state index contributed by atoms with van der Waals surface area (Å²) in [6.07, 6.45) is -8.34. The lowest BCUT2D eigenvalue weighted by Gasteiger charge is -2.34. The maximum Gasteiger partial charge on any atom is 0.573 e. The van der Waals surface area contributed by atoms with Crippen LogP contribution in [0.3, 0.4) is 0 Å². The van der Waals surface area contributed by atoms with Gasteiger partial charge in [-0.25, -0.2) is 0 Å². The summed E-state index contributed by atoms with van der Waals surface area (Å²) in [4.78, 5) is 26.3. The van der Waals surface area contributed by atoms with E-state index >= 15 is 0 Å². The quantitative estimate of drug-likeness (QED) is 0.388. The number of rotatable bonds is 6. The van der Waals surface area contributed by atoms with Crippen molar-refractivity contribution >= 4 is 29.0 Å². The molecule has 2 aromatic rings. The number of halogens is 3. The lowest BCUT2D eigenvalue weighted by atomic mass is 10.1. The third-order valence-electron chi connectivity index (χ3n) is 4.50. The number of morpholine rings is 1. The first kappa shape index (κ1) is 23.0. The molecule has 3 rings (SSSR count). The van der Waals surface area contributed by atoms with Gasteiger partial charge in [0.2, 0.25) is 0 Å². The van der Waals surface area contributed by atoms with Crippen LogP contribution in [0.1, 0.15) is 5.56 Å². The average Bonchev–Trinajstić information content (AvgIpc) is 2.72. The number of aliphatic hydroxyl groups excluding tert-OH is 1. The number of hydrogen-bond donors (Lipinski definition) is 4. The molecule has 2 amide bonds. The fourth-order valence-electron chi connectivity index (χ4n) is 3.02. The van der Waals surface area contributed by atoms with Crippen molar-refractivity contribution in [3.05, 3.63) is 54.1 Å². The van der Waals surface area contributed by atoms with E-state index in [0.29, 0.717) is 5.56 Å². The van der Waals surface area contributed by atoms with Gasteiger partial charge < -0.3 is 30.5 Å². The predicted molar refractivity (Wildman–Crippen MR) is 107 cm³/mol. The van der Waals surface area contributed by atoms with Gasteiger partial charge in [0.15, 0.2) is 12.2 Å². The number of carbonyl (C=O) groups excluding carboxylic acids is 2. The molecule has 0 unspecified atom stereocenters. The minimum absolute atomic E-state index is 0.00561. The summed E-state index contributed by atoms with van der Waals surface area (Å²) in [5.74, 6) is -2.39. The Hall–Kier alpha value is -3.64. The smallest absolute Gasteiger partial charge is 0.406 e. The summed E-state index contributed by atoms with van der Waals surface area (Å²) < 4.78 is 46.5. The van der Waals surface area contributed by atoms with Crippen LogP contribution in [0.15, 0.2) is 48.5 Å². The maximum absolute atomic E-state index is 12.8. The molecule has 2 atom stereocenters. The summed E-state index contributed by atoms with van der Waals surface area (Å²) in [5, 5.41) is 20.1. The van der Waals surface area contributed by atoms with Gasteiger partial charge in [-0.2, -0.15) is 0 Å². The molecule has 12 heteroatoms. The van der Waals surface area contributed by atoms with E-state index in [0.717, 1.165) is 17.0 Å². The van der Waals surface area contributed by atoms with Crippen LogP contribution in [0.4, 0.5) is 24.5 Å². The Kier molecular flexibility index (Phi) is 6.65. The van der Waals surface area contributed by atoms with Gasteiger partial charge in [0.1, 0.15) is 11.6 Å². The summed E-state index contributed by atoms with van der Waals surface area (Å²) in [6.45, 7) is -0.0515. The van der Waals surface area contributed by atoms with Gasteiger partial charge >= 0.3 is 6.36 Å². The van der Waals surface area contributed by atoms with Gasteiger partial charge in [0.25, 0.3) is 11.8 Å². The lowest BCUT2D eigenvalue weighted by Crippen LogP contribution is -2.55. The molecular weight excluding hydrogens is 433 g/mol. The van der Waals surface area contributed by atoms with Gasteiger partial charge in [0, 0.05) is 29.5 Å². The SMILES string of the molecule is N=C(N)c1ccc(NC(=O)[C@H](O)[C@H]2OCCN(c3cccc(OC(F)(F)F)c3)C2=O)cc1. The highest BCUT2D eigenvalue weighted by Crippen LogP contribution is 2.28. The van der Waals surface area contributed by atoms with Crippen molar-refractivity contribution in [3.63, 3.8) is 0 Å². The molecule has 0 aromatic heterocycles. The van der Waals surface area contributed by atoms with E-state index in [-0.39, 0.29) is 30.4 Å². The van der Waals surface area contributed by atoms with E-state index in [9.17, 15) is 27.9 Å². The van der Waals surface area contributed by atoms with Crippen molar-refractivity contribution in [2.24, 2.45) is 5.73 Å². The largest absolute Gasteiger partial charge is 0.573 e. The van der Waals surface area contributed by atoms with Crippen LogP contribution in [0.2, 0.25) is 0 Å². The molecular formula is C20H19F3N4O5. The van der Waals surface area contributed by atoms with Gasteiger partial charge in [-0.15, -0.1) is 13.2 Å². The van der Waals surface area contributed by atoms with E-state index < -0.39 is 36.1 Å². The highest BCUT2D eigenvalue weighted by Gasteiger charge is 2.39. The van der Waals surface area contributed by atoms with Crippen molar-refractivity contribution in [2.75, 3.05) is 23.4 Å². The van der Waals surface area contributed by atoms with Crippen molar-refractivity contribution in [1.29, 1.82) is 5.41 Å². The Bertz CT molecular complexity index is 1010. The number of nitrogens with zero attached hydrogens (tertiary/aromatic N) is 1. The number of benzene rings is 2. The zero-order valence-electron chi connectivity index (χ0n) is 16.4. The van der Waals surface area contributed by atoms with Gasteiger partial charge in [-0.1, -0.05) is 6.07 Å². The van der Waals surface area contributed by atoms with E-state index in [1.807, 2.05) is 0 Å². The number of alkyl halides is 3. The van der Waals surface area contributed by atoms with Crippen molar-refractivity contribution < 1.29 is 37.3 Å². The fourth-order valence-corrected chi connectivity index (χ4v) is 3.02. The number of amides is 2. The Morgan fingerprint density at radius 1 is 1.28 bits per heavy atom. The van der Waals surface area contributed by atoms with E-state index in [1.54, 1.807) is 0 Å². The van der Waals surface area contributed by atoms with Crippen LogP contribution >= 0.6 is 0 Å². The molecule has 1 heterocycles. The van der Waals surface area contributed by atoms with E-state index in [2.05, 4.69) is 10.1 Å². The molecule has 32 heavy (non-hydrogen) atoms. The predicted octanol–water partition coefficient (Wildman–Crippen LogP) is 1.60. The first-order valence-electron chi connectivity index (χ1n) is 9.27. The molecule has 0 radical (unpaired) electrons. The number of nitrogens with two attached hydrogens (primary N) is 1. The second-order valence-electron chi connectivity index (χ2n) is 6.75. The molecule has 1 aliphatic rings. The molecule has 0 bridgehead atoms. The second kappa shape index (κ2) is 9.24. The van der Waals surface area contributed by atoms with Crippen LogP contribution in [0.25, 0.3) is 0 Å². The van der Waals surface area contributed by atoms with Crippen molar-refractivity contribution in [3.8, 4) is 5.75 Å². The van der Waals surface area contributed by atoms with Gasteiger partial charge in [0.05, 0.1) is 6.61 Å². The van der Waals surface area contributed by atoms with Crippen molar-refractivity contribution in [2.45, 2.75) is 18.6 Å². The molecule has 0 aliphatic carbocycles. The maximum atomic E-state index is 12.8. The number of nitrogen functional groups attached to an aromatic ring is 1. The third-order valence-corrected chi connectivity index (χ3v) is 4.50. The number of carbonyl (C=O) groups is 2. The second-order valence-corrected chi connectivity index (χ2v) is 6.75. The van der Waals surface area contributed by atoms with Crippen LogP contribution in [0.5, 0.6) is 5.75 Å². The minimum Gasteiger partial charge on any atom is -0.406 e. The Morgan fingerprint density at radius 3 is 2.59 bits per heavy atom. The number of ether oxygens (including phenoxy) is 2. The molecule has 5 N–H and O–H groups in total. The number of nitrogens with one attached hydrogen (secondary N) is 2. The Morgan fingerprint density at radius 2 is 1.97 bits per heavy atom. The molecule has 1 saturated heterocycles. The normalized spacial score (nSPS) is 17.6. The van der Waals surface area contributed by atoms with Crippen molar-refractivity contribution in [1.82, 2.24) is 0 Å². The third kappa shape index (κ3) is 5.53. The fraction of sp³-hybridized carbons (Fsp3) is 0.250. The van der Waals surface area contributed by atoms with Crippen LogP contribution < -0.4 is 20.7 Å². The molecule has 1 aliphatic heterocycles. The highest BCUT2D eigenvalue weighted by atomic mass is 19.4. The highest BCUT2D eigenvalue weighted by molar-refractivity contribution is 6.04. The van der Waals surface area contributed by atoms with Gasteiger partial charge in [-0.05, 0) is 36.4 Å². The van der Waals surface area contributed by atoms with Crippen LogP contribution in [-0.4, -0.2) is 54.5 Å². The van der Waals surface area contributed by atoms with Gasteiger partial charge in [-0.3, -0.25) is 15.0 Å². The zero-order chi connectivity index (χ0) is 23.5. The molecule has 0 saturated carbocycles. The first-order valence-corrected chi connectivity index (χ1v) is 9.27. The molecule has 1 fully saturated rings. The number of amidine groups is 1. The minimum atomic E-state index is -4.90. The number of aliphatic hydroxyl groups is 1. The average molecular weight is 452 g/mol. The number of hydrogen-bond acceptors (Lipinski definition) is 6. The summed E-state index contributed by atoms with van der Waals surface area (Å²) >= 11 is 0. The monoisotopic (exact) mass is 452 g/mol. The Labute approximate surface area is 180 Å². The first-order chi connectivity index (χ1) is 15.0. The van der Waals surface area contributed by atoms with E-state index in [4.69, 9.17) is 15.9 Å². The molecule has 2 aromatic carbocycles. The summed E-state index contributed by atoms with van der Waals surface area (Å²) in [5.41, 5.74) is 6.18. The summed E-state index contributed by atoms with van der Waals surface area (Å²) in [7, 11) is 0. The molecule has 0 spiro atoms. The lowest BCUT2D eigenvalue weighted by molar-refractivity contribution is -0.274. The molecule has 9 nitrogen and oxygen atoms in total. The van der Waals surface area contributed by atoms with Crippen LogP contribution in [0, 0.1) is 5.41 Å². The van der Waals surface area contributed by atoms with Crippen LogP contribution in [-0.2, 0) is 14.3 Å². The molecule has 170 valence electrons. The Balaban J connectivity index is 1.70. The topological polar surface area (TPSA) is 138 Å². The standard InChI is InChI=1S/C20H19F3N4O5/c21-20(22,23)32-14-3-1-2-13(10-14)27-8-9-31-16(19(27)30)15(28)18(29)26-12-6-4-11(5-7-12)17(24)25/h1-7,10,15-16,28H,8-9H2,(H3,24,25)(H,26,29)/t15-,16-/m1/s1.